The van der Waals surface area contributed by atoms with Gasteiger partial charge in [-0.05, 0) is 36.3 Å². The van der Waals surface area contributed by atoms with Crippen molar-refractivity contribution < 1.29 is 13.2 Å². The van der Waals surface area contributed by atoms with E-state index in [2.05, 4.69) is 17.0 Å². The highest BCUT2D eigenvalue weighted by Gasteiger charge is 2.20. The lowest BCUT2D eigenvalue weighted by Crippen LogP contribution is -2.31. The molecule has 134 valence electrons. The lowest BCUT2D eigenvalue weighted by molar-refractivity contribution is -0.116. The van der Waals surface area contributed by atoms with Gasteiger partial charge in [0.15, 0.2) is 0 Å². The molecule has 0 atom stereocenters. The first kappa shape index (κ1) is 18.9. The summed E-state index contributed by atoms with van der Waals surface area (Å²) in [6.45, 7) is 4.06. The van der Waals surface area contributed by atoms with E-state index in [0.29, 0.717) is 19.5 Å². The van der Waals surface area contributed by atoms with E-state index < -0.39 is 10.0 Å². The number of aromatic nitrogens is 2. The largest absolute Gasteiger partial charge is 0.353 e. The Morgan fingerprint density at radius 3 is 2.56 bits per heavy atom. The summed E-state index contributed by atoms with van der Waals surface area (Å²) in [7, 11) is -0.203. The highest BCUT2D eigenvalue weighted by Crippen LogP contribution is 2.22. The number of amides is 1. The molecule has 2 aromatic rings. The average molecular weight is 362 g/mol. The first-order valence-electron chi connectivity index (χ1n) is 7.81. The fraction of sp³-hybridized carbons (Fsp3) is 0.294. The molecule has 2 rings (SSSR count). The smallest absolute Gasteiger partial charge is 0.243 e. The van der Waals surface area contributed by atoms with Crippen LogP contribution in [-0.2, 0) is 21.9 Å². The van der Waals surface area contributed by atoms with Crippen molar-refractivity contribution >= 4 is 15.9 Å². The van der Waals surface area contributed by atoms with Gasteiger partial charge in [0, 0.05) is 33.4 Å². The Balaban J connectivity index is 2.02. The van der Waals surface area contributed by atoms with Crippen LogP contribution < -0.4 is 5.32 Å². The van der Waals surface area contributed by atoms with Crippen LogP contribution >= 0.6 is 0 Å². The number of nitrogens with zero attached hydrogens (tertiary/aromatic N) is 3. The van der Waals surface area contributed by atoms with E-state index in [1.165, 1.54) is 17.4 Å². The molecule has 1 aromatic carbocycles. The van der Waals surface area contributed by atoms with Crippen molar-refractivity contribution in [1.29, 1.82) is 0 Å². The van der Waals surface area contributed by atoms with Crippen molar-refractivity contribution in [2.24, 2.45) is 7.05 Å². The van der Waals surface area contributed by atoms with Gasteiger partial charge in [-0.25, -0.2) is 12.7 Å². The monoisotopic (exact) mass is 362 g/mol. The van der Waals surface area contributed by atoms with Crippen LogP contribution in [0.5, 0.6) is 0 Å². The lowest BCUT2D eigenvalue weighted by Gasteiger charge is -2.17. The molecule has 0 aliphatic heterocycles. The van der Waals surface area contributed by atoms with E-state index in [4.69, 9.17) is 0 Å². The number of hydrogen-bond acceptors (Lipinski definition) is 4. The van der Waals surface area contributed by atoms with Crippen LogP contribution in [0.2, 0.25) is 0 Å². The molecular formula is C17H22N4O3S. The summed E-state index contributed by atoms with van der Waals surface area (Å²) < 4.78 is 28.2. The fourth-order valence-corrected chi connectivity index (χ4v) is 3.55. The molecule has 1 amide bonds. The van der Waals surface area contributed by atoms with E-state index in [1.54, 1.807) is 35.1 Å². The third kappa shape index (κ3) is 4.55. The first-order valence-corrected chi connectivity index (χ1v) is 9.25. The van der Waals surface area contributed by atoms with E-state index in [0.717, 1.165) is 11.3 Å². The SMILES string of the molecule is C=CC(=O)NCCCN(C)S(=O)(=O)c1ccc(-c2ccnn2C)cc1. The molecule has 0 aliphatic rings. The maximum atomic E-state index is 12.6. The summed E-state index contributed by atoms with van der Waals surface area (Å²) in [6, 6.07) is 8.58. The maximum absolute atomic E-state index is 12.6. The molecule has 0 saturated carbocycles. The molecule has 8 heteroatoms. The summed E-state index contributed by atoms with van der Waals surface area (Å²) in [5, 5.41) is 6.73. The van der Waals surface area contributed by atoms with Gasteiger partial charge in [0.1, 0.15) is 0 Å². The van der Waals surface area contributed by atoms with Crippen molar-refractivity contribution in [3.05, 3.63) is 49.2 Å². The van der Waals surface area contributed by atoms with Gasteiger partial charge < -0.3 is 5.32 Å². The normalized spacial score (nSPS) is 11.5. The third-order valence-electron chi connectivity index (χ3n) is 3.81. The third-order valence-corrected chi connectivity index (χ3v) is 5.68. The van der Waals surface area contributed by atoms with Gasteiger partial charge in [-0.2, -0.15) is 5.10 Å². The lowest BCUT2D eigenvalue weighted by atomic mass is 10.1. The Bertz CT molecular complexity index is 841. The molecule has 0 bridgehead atoms. The fourth-order valence-electron chi connectivity index (χ4n) is 2.34. The average Bonchev–Trinajstić information content (AvgIpc) is 3.04. The molecule has 0 aliphatic carbocycles. The van der Waals surface area contributed by atoms with Crippen molar-refractivity contribution in [2.45, 2.75) is 11.3 Å². The van der Waals surface area contributed by atoms with Crippen LogP contribution in [0.25, 0.3) is 11.3 Å². The van der Waals surface area contributed by atoms with Gasteiger partial charge in [0.25, 0.3) is 0 Å². The highest BCUT2D eigenvalue weighted by molar-refractivity contribution is 7.89. The molecule has 0 unspecified atom stereocenters. The summed E-state index contributed by atoms with van der Waals surface area (Å²) in [5.74, 6) is -0.267. The minimum atomic E-state index is -3.56. The van der Waals surface area contributed by atoms with Crippen molar-refractivity contribution in [3.8, 4) is 11.3 Å². The standard InChI is InChI=1S/C17H22N4O3S/c1-4-17(22)18-11-5-13-20(2)25(23,24)15-8-6-14(7-9-15)16-10-12-19-21(16)3/h4,6-10,12H,1,5,11,13H2,2-3H3,(H,18,22). The van der Waals surface area contributed by atoms with Gasteiger partial charge in [0.2, 0.25) is 15.9 Å². The van der Waals surface area contributed by atoms with Crippen LogP contribution in [0.4, 0.5) is 0 Å². The Labute approximate surface area is 148 Å². The van der Waals surface area contributed by atoms with Crippen molar-refractivity contribution in [2.75, 3.05) is 20.1 Å². The number of nitrogens with one attached hydrogen (secondary N) is 1. The molecule has 0 saturated heterocycles. The second-order valence-electron chi connectivity index (χ2n) is 5.54. The minimum absolute atomic E-state index is 0.232. The van der Waals surface area contributed by atoms with Crippen LogP contribution in [0.15, 0.2) is 54.1 Å². The molecule has 7 nitrogen and oxygen atoms in total. The number of hydrogen-bond donors (Lipinski definition) is 1. The zero-order chi connectivity index (χ0) is 18.4. The summed E-state index contributed by atoms with van der Waals surface area (Å²) >= 11 is 0. The van der Waals surface area contributed by atoms with Crippen molar-refractivity contribution in [1.82, 2.24) is 19.4 Å². The zero-order valence-electron chi connectivity index (χ0n) is 14.3. The second kappa shape index (κ2) is 8.09. The van der Waals surface area contributed by atoms with Crippen LogP contribution in [0, 0.1) is 0 Å². The van der Waals surface area contributed by atoms with E-state index >= 15 is 0 Å². The van der Waals surface area contributed by atoms with Gasteiger partial charge in [-0.1, -0.05) is 18.7 Å². The Morgan fingerprint density at radius 2 is 2.00 bits per heavy atom. The molecule has 1 N–H and O–H groups in total. The number of rotatable bonds is 8. The topological polar surface area (TPSA) is 84.3 Å². The quantitative estimate of drug-likeness (QED) is 0.568. The number of aryl methyl sites for hydroxylation is 1. The first-order chi connectivity index (χ1) is 11.9. The number of carbonyl (C=O) groups is 1. The number of carbonyl (C=O) groups excluding carboxylic acids is 1. The predicted octanol–water partition coefficient (Wildman–Crippen LogP) is 1.40. The number of benzene rings is 1. The second-order valence-corrected chi connectivity index (χ2v) is 7.58. The predicted molar refractivity (Wildman–Crippen MR) is 96.3 cm³/mol. The van der Waals surface area contributed by atoms with Crippen LogP contribution in [-0.4, -0.2) is 48.5 Å². The molecule has 0 radical (unpaired) electrons. The minimum Gasteiger partial charge on any atom is -0.353 e. The molecule has 1 aromatic heterocycles. The molecule has 0 fully saturated rings. The van der Waals surface area contributed by atoms with Crippen molar-refractivity contribution in [3.63, 3.8) is 0 Å². The van der Waals surface area contributed by atoms with Crippen LogP contribution in [0.1, 0.15) is 6.42 Å². The van der Waals surface area contributed by atoms with Gasteiger partial charge >= 0.3 is 0 Å². The molecule has 1 heterocycles. The molecule has 25 heavy (non-hydrogen) atoms. The summed E-state index contributed by atoms with van der Waals surface area (Å²) in [6.07, 6.45) is 3.39. The van der Waals surface area contributed by atoms with Crippen LogP contribution in [0.3, 0.4) is 0 Å². The van der Waals surface area contributed by atoms with Gasteiger partial charge in [0.05, 0.1) is 10.6 Å². The molecule has 0 spiro atoms. The maximum Gasteiger partial charge on any atom is 0.243 e. The highest BCUT2D eigenvalue weighted by atomic mass is 32.2. The Kier molecular flexibility index (Phi) is 6.11. The molecular weight excluding hydrogens is 340 g/mol. The Morgan fingerprint density at radius 1 is 1.32 bits per heavy atom. The van der Waals surface area contributed by atoms with Gasteiger partial charge in [-0.3, -0.25) is 9.48 Å². The summed E-state index contributed by atoms with van der Waals surface area (Å²) in [5.41, 5.74) is 1.81. The Hall–Kier alpha value is -2.45. The summed E-state index contributed by atoms with van der Waals surface area (Å²) in [4.78, 5) is 11.3. The number of sulfonamides is 1. The van der Waals surface area contributed by atoms with Gasteiger partial charge in [-0.15, -0.1) is 0 Å². The zero-order valence-corrected chi connectivity index (χ0v) is 15.2. The van der Waals surface area contributed by atoms with E-state index in [9.17, 15) is 13.2 Å². The van der Waals surface area contributed by atoms with E-state index in [-0.39, 0.29) is 10.8 Å². The van der Waals surface area contributed by atoms with E-state index in [1.807, 2.05) is 13.1 Å².